The molecule has 0 aliphatic carbocycles. The predicted octanol–water partition coefficient (Wildman–Crippen LogP) is 16.0. The van der Waals surface area contributed by atoms with Crippen molar-refractivity contribution in [3.8, 4) is 0 Å². The number of hydrogen-bond donors (Lipinski definition) is 0. The number of hydrogen-bond acceptors (Lipinski definition) is 3. The van der Waals surface area contributed by atoms with Crippen LogP contribution in [-0.2, 0) is 6.42 Å². The normalized spacial score (nSPS) is 12.1. The number of benzene rings is 9. The minimum Gasteiger partial charge on any atom is -0.309 e. The van der Waals surface area contributed by atoms with Crippen molar-refractivity contribution in [2.45, 2.75) is 6.42 Å². The van der Waals surface area contributed by atoms with Gasteiger partial charge in [0.2, 0.25) is 0 Å². The average molecular weight is 750 g/mol. The lowest BCUT2D eigenvalue weighted by molar-refractivity contribution is 1.30. The Morgan fingerprint density at radius 3 is 1.82 bits per heavy atom. The first-order chi connectivity index (χ1) is 27.8. The van der Waals surface area contributed by atoms with Gasteiger partial charge < -0.3 is 4.90 Å². The van der Waals surface area contributed by atoms with Gasteiger partial charge in [-0.25, -0.2) is 0 Å². The van der Waals surface area contributed by atoms with E-state index in [9.17, 15) is 0 Å². The van der Waals surface area contributed by atoms with Crippen molar-refractivity contribution in [3.63, 3.8) is 0 Å². The number of para-hydroxylation sites is 2. The third kappa shape index (κ3) is 5.59. The number of rotatable bonds is 7. The SMILES string of the molecule is C(=C(\Cc1ccc2sc3ccccc3c2c1)c1cccc2c1sc1c(N(c3ccccc3)c3ccccc3)cccc12)/c1cc2ccccc2c2ccccc12. The van der Waals surface area contributed by atoms with Gasteiger partial charge in [-0.05, 0) is 105 Å². The Kier molecular flexibility index (Phi) is 8.01. The second-order valence-corrected chi connectivity index (χ2v) is 16.6. The van der Waals surface area contributed by atoms with E-state index in [0.717, 1.165) is 17.8 Å². The van der Waals surface area contributed by atoms with Gasteiger partial charge in [0, 0.05) is 47.0 Å². The van der Waals surface area contributed by atoms with E-state index in [1.54, 1.807) is 0 Å². The molecule has 1 nitrogen and oxygen atoms in total. The summed E-state index contributed by atoms with van der Waals surface area (Å²) in [6.07, 6.45) is 3.28. The molecule has 0 aliphatic rings. The van der Waals surface area contributed by atoms with Crippen molar-refractivity contribution >= 4 is 113 Å². The largest absolute Gasteiger partial charge is 0.309 e. The van der Waals surface area contributed by atoms with Crippen LogP contribution in [0.3, 0.4) is 0 Å². The summed E-state index contributed by atoms with van der Waals surface area (Å²) in [5.41, 5.74) is 8.63. The van der Waals surface area contributed by atoms with Crippen LogP contribution in [0, 0.1) is 0 Å². The van der Waals surface area contributed by atoms with E-state index in [2.05, 4.69) is 205 Å². The van der Waals surface area contributed by atoms with Crippen LogP contribution < -0.4 is 4.90 Å². The molecule has 0 unspecified atom stereocenters. The maximum atomic E-state index is 2.48. The highest BCUT2D eigenvalue weighted by atomic mass is 32.1. The smallest absolute Gasteiger partial charge is 0.0640 e. The molecule has 56 heavy (non-hydrogen) atoms. The van der Waals surface area contributed by atoms with Gasteiger partial charge in [-0.3, -0.25) is 0 Å². The van der Waals surface area contributed by atoms with Crippen LogP contribution in [0.4, 0.5) is 17.1 Å². The highest BCUT2D eigenvalue weighted by molar-refractivity contribution is 7.26. The van der Waals surface area contributed by atoms with Crippen LogP contribution in [0.2, 0.25) is 0 Å². The summed E-state index contributed by atoms with van der Waals surface area (Å²) >= 11 is 3.79. The van der Waals surface area contributed by atoms with Gasteiger partial charge in [-0.2, -0.15) is 0 Å². The molecule has 0 N–H and O–H groups in total. The van der Waals surface area contributed by atoms with Gasteiger partial charge >= 0.3 is 0 Å². The summed E-state index contributed by atoms with van der Waals surface area (Å²) < 4.78 is 5.27. The average Bonchev–Trinajstić information content (AvgIpc) is 3.83. The second kappa shape index (κ2) is 13.6. The zero-order valence-corrected chi connectivity index (χ0v) is 32.2. The highest BCUT2D eigenvalue weighted by Crippen LogP contribution is 2.47. The molecule has 0 atom stereocenters. The van der Waals surface area contributed by atoms with Crippen LogP contribution in [0.1, 0.15) is 16.7 Å². The van der Waals surface area contributed by atoms with Gasteiger partial charge in [0.05, 0.1) is 10.4 Å². The first-order valence-corrected chi connectivity index (χ1v) is 20.8. The predicted molar refractivity (Wildman–Crippen MR) is 246 cm³/mol. The third-order valence-corrected chi connectivity index (χ3v) is 13.5. The molecule has 0 aliphatic heterocycles. The lowest BCUT2D eigenvalue weighted by Crippen LogP contribution is -2.09. The topological polar surface area (TPSA) is 3.24 Å². The summed E-state index contributed by atoms with van der Waals surface area (Å²) in [6, 6.07) is 71.1. The fraction of sp³-hybridized carbons (Fsp3) is 0.0189. The maximum absolute atomic E-state index is 2.48. The molecule has 0 fully saturated rings. The third-order valence-electron chi connectivity index (χ3n) is 11.1. The van der Waals surface area contributed by atoms with Crippen molar-refractivity contribution in [2.75, 3.05) is 4.90 Å². The van der Waals surface area contributed by atoms with E-state index < -0.39 is 0 Å². The molecular weight excluding hydrogens is 715 g/mol. The first kappa shape index (κ1) is 32.9. The van der Waals surface area contributed by atoms with Crippen molar-refractivity contribution in [3.05, 3.63) is 211 Å². The van der Waals surface area contributed by atoms with Crippen molar-refractivity contribution in [2.24, 2.45) is 0 Å². The Hall–Kier alpha value is -6.52. The molecule has 3 heteroatoms. The molecule has 2 aromatic heterocycles. The first-order valence-electron chi connectivity index (χ1n) is 19.1. The number of allylic oxidation sites excluding steroid dienone is 1. The summed E-state index contributed by atoms with van der Waals surface area (Å²) in [5.74, 6) is 0. The van der Waals surface area contributed by atoms with E-state index >= 15 is 0 Å². The Bertz CT molecular complexity index is 3240. The van der Waals surface area contributed by atoms with E-state index in [1.165, 1.54) is 89.8 Å². The van der Waals surface area contributed by atoms with Crippen molar-refractivity contribution in [1.29, 1.82) is 0 Å². The standard InChI is InChI=1S/C53H35NS2/c1-3-16-39(17-4-1)54(40-18-5-2-6-19-40)49-27-14-26-47-46-25-13-24-43(52(46)56-53(47)49)37(31-35-29-30-51-48(32-35)45-23-11-12-28-50(45)55-51)34-38-33-36-15-7-8-20-41(36)44-22-10-9-21-42(38)44/h1-30,32-34H,31H2/b37-34-. The van der Waals surface area contributed by atoms with E-state index in [1.807, 2.05) is 22.7 Å². The van der Waals surface area contributed by atoms with Gasteiger partial charge in [0.25, 0.3) is 0 Å². The van der Waals surface area contributed by atoms with E-state index in [-0.39, 0.29) is 0 Å². The summed E-state index contributed by atoms with van der Waals surface area (Å²) in [5, 5.41) is 10.4. The zero-order chi connectivity index (χ0) is 37.0. The molecule has 0 amide bonds. The lowest BCUT2D eigenvalue weighted by atomic mass is 9.91. The van der Waals surface area contributed by atoms with Crippen LogP contribution in [0.5, 0.6) is 0 Å². The molecule has 0 bridgehead atoms. The van der Waals surface area contributed by atoms with Crippen molar-refractivity contribution in [1.82, 2.24) is 0 Å². The molecule has 264 valence electrons. The Labute approximate surface area is 333 Å². The maximum Gasteiger partial charge on any atom is 0.0640 e. The summed E-state index contributed by atoms with van der Waals surface area (Å²) in [6.45, 7) is 0. The second-order valence-electron chi connectivity index (χ2n) is 14.5. The Balaban J connectivity index is 1.15. The fourth-order valence-electron chi connectivity index (χ4n) is 8.53. The molecule has 9 aromatic carbocycles. The summed E-state index contributed by atoms with van der Waals surface area (Å²) in [4.78, 5) is 2.40. The van der Waals surface area contributed by atoms with Crippen LogP contribution >= 0.6 is 22.7 Å². The molecular formula is C53H35NS2. The zero-order valence-electron chi connectivity index (χ0n) is 30.5. The number of anilines is 3. The van der Waals surface area contributed by atoms with Crippen LogP contribution in [-0.4, -0.2) is 0 Å². The number of fused-ring (bicyclic) bond motifs is 9. The molecule has 2 heterocycles. The molecule has 0 saturated heterocycles. The van der Waals surface area contributed by atoms with Gasteiger partial charge in [0.15, 0.2) is 0 Å². The summed E-state index contributed by atoms with van der Waals surface area (Å²) in [7, 11) is 0. The Morgan fingerprint density at radius 1 is 0.429 bits per heavy atom. The monoisotopic (exact) mass is 749 g/mol. The van der Waals surface area contributed by atoms with Gasteiger partial charge in [0.1, 0.15) is 0 Å². The van der Waals surface area contributed by atoms with Crippen LogP contribution in [0.25, 0.3) is 73.5 Å². The fourth-order valence-corrected chi connectivity index (χ4v) is 11.0. The van der Waals surface area contributed by atoms with Gasteiger partial charge in [-0.15, -0.1) is 22.7 Å². The number of nitrogens with zero attached hydrogens (tertiary/aromatic N) is 1. The minimum atomic E-state index is 0.807. The minimum absolute atomic E-state index is 0.807. The van der Waals surface area contributed by atoms with E-state index in [4.69, 9.17) is 0 Å². The molecule has 0 spiro atoms. The van der Waals surface area contributed by atoms with Crippen molar-refractivity contribution < 1.29 is 0 Å². The molecule has 0 radical (unpaired) electrons. The molecule has 0 saturated carbocycles. The highest BCUT2D eigenvalue weighted by Gasteiger charge is 2.20. The Morgan fingerprint density at radius 2 is 1.04 bits per heavy atom. The molecule has 11 aromatic rings. The van der Waals surface area contributed by atoms with Crippen LogP contribution in [0.15, 0.2) is 194 Å². The quantitative estimate of drug-likeness (QED) is 0.116. The van der Waals surface area contributed by atoms with E-state index in [0.29, 0.717) is 0 Å². The molecule has 11 rings (SSSR count). The van der Waals surface area contributed by atoms with Gasteiger partial charge in [-0.1, -0.05) is 146 Å². The number of thiophene rings is 2. The lowest BCUT2D eigenvalue weighted by Gasteiger charge is -2.25.